The number of anilines is 1. The molecule has 4 spiro atoms. The number of hydrogen-bond acceptors (Lipinski definition) is 19. The fraction of sp³-hybridized carbons (Fsp3) is 0.590. The van der Waals surface area contributed by atoms with Crippen LogP contribution in [0, 0.1) is 59.2 Å². The molecule has 0 aromatic carbocycles. The number of nitrogens with zero attached hydrogens (tertiary/aromatic N) is 11. The molecular formula is C61H86Cl2K2N14O11S4. The normalized spacial score (nSPS) is 20.7. The summed E-state index contributed by atoms with van der Waals surface area (Å²) in [6.07, 6.45) is 21.8. The minimum Gasteiger partial charge on any atom is -1.00 e. The maximum Gasteiger partial charge on any atom is 1.00 e. The van der Waals surface area contributed by atoms with Gasteiger partial charge in [0.2, 0.25) is 11.8 Å². The van der Waals surface area contributed by atoms with Crippen LogP contribution in [0.4, 0.5) is 5.82 Å². The van der Waals surface area contributed by atoms with Crippen molar-refractivity contribution in [3.8, 4) is 23.4 Å². The third-order valence-corrected chi connectivity index (χ3v) is 23.0. The second kappa shape index (κ2) is 30.7. The van der Waals surface area contributed by atoms with E-state index in [1.165, 1.54) is 103 Å². The average Bonchev–Trinajstić information content (AvgIpc) is 1.45. The number of nitrogens with one attached hydrogen (secondary N) is 3. The first-order valence-electron chi connectivity index (χ1n) is 30.5. The van der Waals surface area contributed by atoms with Gasteiger partial charge in [-0.05, 0) is 195 Å². The van der Waals surface area contributed by atoms with Gasteiger partial charge in [-0.3, -0.25) is 23.7 Å². The summed E-state index contributed by atoms with van der Waals surface area (Å²) in [6, 6.07) is 9.84. The maximum atomic E-state index is 13.5. The van der Waals surface area contributed by atoms with Crippen molar-refractivity contribution < 1.29 is 155 Å². The molecular weight excluding hydrogens is 1380 g/mol. The van der Waals surface area contributed by atoms with Crippen LogP contribution in [-0.2, 0) is 43.8 Å². The topological polar surface area (TPSA) is 307 Å². The fourth-order valence-electron chi connectivity index (χ4n) is 15.5. The summed E-state index contributed by atoms with van der Waals surface area (Å²) in [7, 11) is -5.02. The standard InChI is InChI=1S/C30H39N7O4S.C23H25ClN6O4S.C7H15N.CH2O3.ClH.2K.2H2S.H/c1-19-16-28(3,4)36(17-19)26-21(27(38)34-42(39,40)22-18-35(5)32-20(22)2)6-7-24(31-26)37-14-8-25(33-37)41-15-9-23-29(10-11-29)30(23)12-13-30;1-14-16(13-29(2)26-14)35(32,33)28-21(31)15-3-4-18(25-20(15)24)30-11-5-19(27-30)34-12-6-17-22(7-8-22)23(17)9-10-23;1-6-4-7(2,3)8-5-6;2-1-4-3;;;;;;/h6-8,14,18-19,23H,9-13,15-17H2,1-5H3,(H,34,38);3-5,11,13,17H,6-10,12H2,1-2H3,(H,28,31);6,8H,4-5H2,1-3H3;1,3H;1H;;;2*1H2;/q;;;;;2*+1;;;-1/p-1/t19-;;6-;;;;;;;/m0.0......./s1. The first kappa shape index (κ1) is 80.3. The number of aryl methyl sites for hydroxylation is 4. The van der Waals surface area contributed by atoms with Crippen molar-refractivity contribution in [1.82, 2.24) is 63.9 Å². The van der Waals surface area contributed by atoms with Crippen molar-refractivity contribution in [2.45, 2.75) is 153 Å². The molecule has 6 saturated carbocycles. The second-order valence-corrected chi connectivity index (χ2v) is 30.8. The van der Waals surface area contributed by atoms with Gasteiger partial charge in [-0.15, -0.1) is 22.6 Å². The number of fused-ring (bicyclic) bond motifs is 2. The number of carbonyl (C=O) groups is 3. The van der Waals surface area contributed by atoms with Gasteiger partial charge in [0.05, 0.1) is 35.7 Å². The molecule has 2 amide bonds. The van der Waals surface area contributed by atoms with Crippen LogP contribution in [0.1, 0.15) is 152 Å². The third-order valence-electron chi connectivity index (χ3n) is 19.9. The molecule has 8 fully saturated rings. The molecule has 94 heavy (non-hydrogen) atoms. The van der Waals surface area contributed by atoms with E-state index in [0.717, 1.165) is 37.0 Å². The number of ether oxygens (including phenoxy) is 2. The van der Waals surface area contributed by atoms with Crippen LogP contribution in [0.25, 0.3) is 11.6 Å². The van der Waals surface area contributed by atoms with Crippen LogP contribution in [0.15, 0.2) is 71.0 Å². The van der Waals surface area contributed by atoms with E-state index in [0.29, 0.717) is 87.8 Å². The number of rotatable bonds is 18. The Morgan fingerprint density at radius 3 is 1.43 bits per heavy atom. The van der Waals surface area contributed by atoms with Gasteiger partial charge in [0.1, 0.15) is 20.8 Å². The van der Waals surface area contributed by atoms with Crippen molar-refractivity contribution in [1.29, 1.82) is 0 Å². The first-order valence-corrected chi connectivity index (χ1v) is 33.8. The van der Waals surface area contributed by atoms with Crippen LogP contribution in [0.3, 0.4) is 0 Å². The molecule has 14 rings (SSSR count). The van der Waals surface area contributed by atoms with Gasteiger partial charge < -0.3 is 31.3 Å². The molecule has 2 saturated heterocycles. The van der Waals surface area contributed by atoms with Crippen molar-refractivity contribution in [2.24, 2.45) is 59.4 Å². The quantitative estimate of drug-likeness (QED) is 0.0362. The monoisotopic (exact) mass is 1470 g/mol. The van der Waals surface area contributed by atoms with Gasteiger partial charge in [-0.25, -0.2) is 45.6 Å². The molecule has 3 N–H and O–H groups in total. The average molecular weight is 1470 g/mol. The molecule has 6 aromatic rings. The second-order valence-electron chi connectivity index (χ2n) is 27.1. The number of aromatic nitrogens is 10. The summed E-state index contributed by atoms with van der Waals surface area (Å²) in [4.78, 5) is 48.5. The minimum absolute atomic E-state index is 0. The van der Waals surface area contributed by atoms with Gasteiger partial charge in [0, 0.05) is 68.6 Å². The molecule has 6 aromatic heterocycles. The van der Waals surface area contributed by atoms with E-state index in [1.807, 2.05) is 10.8 Å². The molecule has 25 nitrogen and oxygen atoms in total. The minimum atomic E-state index is -4.14. The molecule has 0 radical (unpaired) electrons. The number of pyridine rings is 2. The van der Waals surface area contributed by atoms with Crippen molar-refractivity contribution in [3.05, 3.63) is 88.9 Å². The van der Waals surface area contributed by atoms with E-state index in [2.05, 4.69) is 86.7 Å². The molecule has 0 unspecified atom stereocenters. The Hall–Kier alpha value is -2.68. The van der Waals surface area contributed by atoms with Crippen LogP contribution >= 0.6 is 51.0 Å². The van der Waals surface area contributed by atoms with Crippen LogP contribution in [-0.4, -0.2) is 122 Å². The molecule has 0 bridgehead atoms. The van der Waals surface area contributed by atoms with Gasteiger partial charge >= 0.3 is 103 Å². The SMILES string of the molecule is C[C@@H]1CNC(C)(C)C1.Cc1nn(C)cc1S(=O)(=O)NC(=O)c1ccc(-n2ccc(OCCC3C4(CC4)C34CC4)n2)nc1Cl.Cc1nn(C)cc1S(=O)(=O)NC(=O)c1ccc(-n2ccc(OCCC3C4(CC4)C34CC4)n2)nc1N1C[C@@H](C)CC1(C)C.Cl.O=CO[O-].S.S.[H-].[K+].[K+]. The summed E-state index contributed by atoms with van der Waals surface area (Å²) in [5, 5.41) is 28.8. The smallest absolute Gasteiger partial charge is 1.00 e. The molecule has 8 heterocycles. The Labute approximate surface area is 661 Å². The Balaban J connectivity index is 0.000000280. The number of amides is 2. The number of carbonyl (C=O) groups excluding carboxylic acids is 3. The Kier molecular flexibility index (Phi) is 26.2. The summed E-state index contributed by atoms with van der Waals surface area (Å²) in [5.74, 6) is 3.65. The van der Waals surface area contributed by atoms with Crippen LogP contribution in [0.5, 0.6) is 11.8 Å². The summed E-state index contributed by atoms with van der Waals surface area (Å²) >= 11 is 6.23. The third kappa shape index (κ3) is 16.7. The zero-order chi connectivity index (χ0) is 63.9. The van der Waals surface area contributed by atoms with Gasteiger partial charge in [0.25, 0.3) is 38.3 Å². The Bertz CT molecular complexity index is 3920. The summed E-state index contributed by atoms with van der Waals surface area (Å²) < 4.78 is 73.5. The van der Waals surface area contributed by atoms with E-state index in [9.17, 15) is 26.4 Å². The number of hydrogen-bond donors (Lipinski definition) is 3. The van der Waals surface area contributed by atoms with E-state index >= 15 is 0 Å². The van der Waals surface area contributed by atoms with Gasteiger partial charge in [-0.1, -0.05) is 25.4 Å². The van der Waals surface area contributed by atoms with Gasteiger partial charge in [0.15, 0.2) is 11.6 Å². The van der Waals surface area contributed by atoms with E-state index in [4.69, 9.17) is 36.1 Å². The Morgan fingerprint density at radius 1 is 0.681 bits per heavy atom. The largest absolute Gasteiger partial charge is 1.00 e. The predicted octanol–water partition coefficient (Wildman–Crippen LogP) is 1.65. The molecule has 2 aliphatic heterocycles. The number of sulfonamides is 2. The number of halogens is 2. The molecule has 506 valence electrons. The zero-order valence-corrected chi connectivity index (χ0v) is 66.9. The van der Waals surface area contributed by atoms with Crippen molar-refractivity contribution >= 4 is 95.2 Å². The molecule has 6 aliphatic carbocycles. The predicted molar refractivity (Wildman–Crippen MR) is 354 cm³/mol. The van der Waals surface area contributed by atoms with Crippen LogP contribution in [0.2, 0.25) is 5.15 Å². The van der Waals surface area contributed by atoms with E-state index in [1.54, 1.807) is 63.2 Å². The zero-order valence-electron chi connectivity index (χ0n) is 56.5. The molecule has 2 atom stereocenters. The van der Waals surface area contributed by atoms with E-state index < -0.39 is 31.9 Å². The van der Waals surface area contributed by atoms with Crippen LogP contribution < -0.4 is 137 Å². The fourth-order valence-corrected chi connectivity index (χ4v) is 18.1. The Morgan fingerprint density at radius 2 is 1.10 bits per heavy atom. The summed E-state index contributed by atoms with van der Waals surface area (Å²) in [6.45, 7) is 19.4. The maximum absolute atomic E-state index is 13.5. The summed E-state index contributed by atoms with van der Waals surface area (Å²) in [5.41, 5.74) is 3.51. The molecule has 33 heteroatoms. The first-order chi connectivity index (χ1) is 42.0. The van der Waals surface area contributed by atoms with Crippen molar-refractivity contribution in [2.75, 3.05) is 31.2 Å². The van der Waals surface area contributed by atoms with E-state index in [-0.39, 0.29) is 187 Å². The van der Waals surface area contributed by atoms with Crippen molar-refractivity contribution in [3.63, 3.8) is 0 Å². The van der Waals surface area contributed by atoms with Gasteiger partial charge in [-0.2, -0.15) is 37.2 Å². The molecule has 8 aliphatic rings.